The average Bonchev–Trinajstić information content (AvgIpc) is 2.99. The lowest BCUT2D eigenvalue weighted by Crippen LogP contribution is -2.42. The molecular weight excluding hydrogens is 274 g/mol. The highest BCUT2D eigenvalue weighted by Crippen LogP contribution is 2.11. The quantitative estimate of drug-likeness (QED) is 0.781. The van der Waals surface area contributed by atoms with Crippen LogP contribution in [0.2, 0.25) is 0 Å². The monoisotopic (exact) mass is 289 g/mol. The van der Waals surface area contributed by atoms with Crippen molar-refractivity contribution in [2.75, 3.05) is 11.6 Å². The maximum atomic E-state index is 11.9. The number of carbonyl (C=O) groups is 1. The van der Waals surface area contributed by atoms with Crippen LogP contribution < -0.4 is 16.2 Å². The normalized spacial score (nSPS) is 18.3. The van der Waals surface area contributed by atoms with Gasteiger partial charge < -0.3 is 10.3 Å². The van der Waals surface area contributed by atoms with Gasteiger partial charge in [-0.1, -0.05) is 18.2 Å². The molecule has 1 aliphatic heterocycles. The molecule has 1 aromatic carbocycles. The molecule has 1 saturated heterocycles. The number of para-hydroxylation sites is 1. The molecule has 3 N–H and O–H groups in total. The van der Waals surface area contributed by atoms with Crippen LogP contribution in [0.25, 0.3) is 10.9 Å². The van der Waals surface area contributed by atoms with Crippen LogP contribution in [-0.4, -0.2) is 28.6 Å². The number of aromatic amines is 1. The fourth-order valence-electron chi connectivity index (χ4n) is 2.19. The van der Waals surface area contributed by atoms with Gasteiger partial charge in [0.05, 0.1) is 6.04 Å². The van der Waals surface area contributed by atoms with Crippen molar-refractivity contribution < 1.29 is 4.79 Å². The third-order valence-corrected chi connectivity index (χ3v) is 4.26. The summed E-state index contributed by atoms with van der Waals surface area (Å²) in [6.45, 7) is 0.252. The maximum Gasteiger partial charge on any atom is 0.253 e. The minimum atomic E-state index is -0.155. The molecule has 2 aromatic rings. The second kappa shape index (κ2) is 5.68. The van der Waals surface area contributed by atoms with Crippen molar-refractivity contribution in [2.24, 2.45) is 0 Å². The molecule has 1 aliphatic rings. The van der Waals surface area contributed by atoms with Crippen LogP contribution in [0, 0.1) is 0 Å². The van der Waals surface area contributed by atoms with E-state index in [0.29, 0.717) is 5.56 Å². The molecule has 6 heteroatoms. The number of fused-ring (bicyclic) bond motifs is 1. The molecule has 1 atom stereocenters. The molecule has 0 spiro atoms. The van der Waals surface area contributed by atoms with Crippen LogP contribution in [0.3, 0.4) is 0 Å². The molecule has 1 aromatic heterocycles. The van der Waals surface area contributed by atoms with E-state index < -0.39 is 0 Å². The van der Waals surface area contributed by atoms with Gasteiger partial charge in [-0.25, -0.2) is 0 Å². The maximum absolute atomic E-state index is 11.9. The Morgan fingerprint density at radius 2 is 2.25 bits per heavy atom. The van der Waals surface area contributed by atoms with Crippen molar-refractivity contribution >= 4 is 28.6 Å². The number of hydrogen-bond donors (Lipinski definition) is 3. The van der Waals surface area contributed by atoms with E-state index >= 15 is 0 Å². The van der Waals surface area contributed by atoms with Crippen LogP contribution in [-0.2, 0) is 11.3 Å². The molecule has 104 valence electrons. The van der Waals surface area contributed by atoms with E-state index in [1.165, 1.54) is 0 Å². The van der Waals surface area contributed by atoms with Crippen LogP contribution in [0.4, 0.5) is 0 Å². The van der Waals surface area contributed by atoms with Gasteiger partial charge in [-0.05, 0) is 17.5 Å². The summed E-state index contributed by atoms with van der Waals surface area (Å²) in [7, 11) is 0. The van der Waals surface area contributed by atoms with Gasteiger partial charge in [0.2, 0.25) is 5.91 Å². The number of aromatic nitrogens is 1. The summed E-state index contributed by atoms with van der Waals surface area (Å²) in [5, 5.41) is 6.88. The molecule has 5 nitrogen and oxygen atoms in total. The van der Waals surface area contributed by atoms with E-state index in [1.807, 2.05) is 30.3 Å². The van der Waals surface area contributed by atoms with Gasteiger partial charge in [0.15, 0.2) is 0 Å². The molecule has 1 amide bonds. The Bertz CT molecular complexity index is 692. The largest absolute Gasteiger partial charge is 0.350 e. The van der Waals surface area contributed by atoms with E-state index in [0.717, 1.165) is 22.5 Å². The zero-order valence-corrected chi connectivity index (χ0v) is 11.6. The molecule has 20 heavy (non-hydrogen) atoms. The Balaban J connectivity index is 1.75. The second-order valence-electron chi connectivity index (χ2n) is 4.70. The third kappa shape index (κ3) is 2.71. The highest BCUT2D eigenvalue weighted by molar-refractivity contribution is 7.99. The van der Waals surface area contributed by atoms with E-state index in [-0.39, 0.29) is 24.1 Å². The summed E-state index contributed by atoms with van der Waals surface area (Å²) in [4.78, 5) is 26.7. The minimum Gasteiger partial charge on any atom is -0.350 e. The first-order valence-electron chi connectivity index (χ1n) is 6.44. The lowest BCUT2D eigenvalue weighted by molar-refractivity contribution is -0.122. The number of carbonyl (C=O) groups excluding carboxylic acids is 1. The van der Waals surface area contributed by atoms with Gasteiger partial charge in [0.1, 0.15) is 0 Å². The Morgan fingerprint density at radius 1 is 1.40 bits per heavy atom. The topological polar surface area (TPSA) is 74.0 Å². The Labute approximate surface area is 120 Å². The first-order chi connectivity index (χ1) is 9.74. The Morgan fingerprint density at radius 3 is 3.05 bits per heavy atom. The molecule has 2 heterocycles. The number of rotatable bonds is 3. The third-order valence-electron chi connectivity index (χ3n) is 3.32. The molecule has 0 radical (unpaired) electrons. The van der Waals surface area contributed by atoms with E-state index in [1.54, 1.807) is 11.8 Å². The van der Waals surface area contributed by atoms with Gasteiger partial charge in [-0.3, -0.25) is 14.9 Å². The first-order valence-corrected chi connectivity index (χ1v) is 7.59. The van der Waals surface area contributed by atoms with Gasteiger partial charge in [0, 0.05) is 29.3 Å². The molecule has 1 unspecified atom stereocenters. The molecule has 0 bridgehead atoms. The van der Waals surface area contributed by atoms with Crippen LogP contribution in [0.15, 0.2) is 35.1 Å². The van der Waals surface area contributed by atoms with E-state index in [9.17, 15) is 9.59 Å². The fourth-order valence-corrected chi connectivity index (χ4v) is 3.13. The second-order valence-corrected chi connectivity index (χ2v) is 5.73. The van der Waals surface area contributed by atoms with Crippen molar-refractivity contribution in [1.29, 1.82) is 0 Å². The number of nitrogens with one attached hydrogen (secondary N) is 3. The SMILES string of the molecule is O=C(NCc1cc2ccccc2[nH]c1=O)C1CSCN1. The van der Waals surface area contributed by atoms with E-state index in [4.69, 9.17) is 0 Å². The summed E-state index contributed by atoms with van der Waals surface area (Å²) < 4.78 is 0. The zero-order chi connectivity index (χ0) is 13.9. The number of thioether (sulfide) groups is 1. The van der Waals surface area contributed by atoms with Crippen molar-refractivity contribution in [3.8, 4) is 0 Å². The van der Waals surface area contributed by atoms with Gasteiger partial charge in [-0.2, -0.15) is 0 Å². The smallest absolute Gasteiger partial charge is 0.253 e. The summed E-state index contributed by atoms with van der Waals surface area (Å²) in [5.74, 6) is 1.52. The summed E-state index contributed by atoms with van der Waals surface area (Å²) >= 11 is 1.70. The number of benzene rings is 1. The average molecular weight is 289 g/mol. The predicted octanol–water partition coefficient (Wildman–Crippen LogP) is 0.807. The van der Waals surface area contributed by atoms with Gasteiger partial charge >= 0.3 is 0 Å². The number of H-pyrrole nitrogens is 1. The molecule has 0 aliphatic carbocycles. The van der Waals surface area contributed by atoms with Crippen molar-refractivity contribution in [3.63, 3.8) is 0 Å². The summed E-state index contributed by atoms with van der Waals surface area (Å²) in [6.07, 6.45) is 0. The van der Waals surface area contributed by atoms with Crippen molar-refractivity contribution in [3.05, 3.63) is 46.2 Å². The standard InChI is InChI=1S/C14H15N3O2S/c18-13-10(5-9-3-1-2-4-11(9)17-13)6-15-14(19)12-7-20-8-16-12/h1-5,12,16H,6-8H2,(H,15,19)(H,17,18). The highest BCUT2D eigenvalue weighted by atomic mass is 32.2. The predicted molar refractivity (Wildman–Crippen MR) is 80.7 cm³/mol. The Kier molecular flexibility index (Phi) is 3.75. The van der Waals surface area contributed by atoms with Crippen LogP contribution in [0.5, 0.6) is 0 Å². The van der Waals surface area contributed by atoms with Crippen LogP contribution in [0.1, 0.15) is 5.56 Å². The molecular formula is C14H15N3O2S. The van der Waals surface area contributed by atoms with Gasteiger partial charge in [0.25, 0.3) is 5.56 Å². The van der Waals surface area contributed by atoms with Crippen molar-refractivity contribution in [1.82, 2.24) is 15.6 Å². The first kappa shape index (κ1) is 13.2. The van der Waals surface area contributed by atoms with E-state index in [2.05, 4.69) is 15.6 Å². The highest BCUT2D eigenvalue weighted by Gasteiger charge is 2.22. The Hall–Kier alpha value is -1.79. The van der Waals surface area contributed by atoms with Crippen LogP contribution >= 0.6 is 11.8 Å². The lowest BCUT2D eigenvalue weighted by atomic mass is 10.1. The molecule has 1 fully saturated rings. The zero-order valence-electron chi connectivity index (χ0n) is 10.8. The molecule has 0 saturated carbocycles. The summed E-state index contributed by atoms with van der Waals surface area (Å²) in [5.41, 5.74) is 1.22. The van der Waals surface area contributed by atoms with Crippen molar-refractivity contribution in [2.45, 2.75) is 12.6 Å². The van der Waals surface area contributed by atoms with Gasteiger partial charge in [-0.15, -0.1) is 11.8 Å². The lowest BCUT2D eigenvalue weighted by Gasteiger charge is -2.10. The number of pyridine rings is 1. The minimum absolute atomic E-state index is 0.0532. The summed E-state index contributed by atoms with van der Waals surface area (Å²) in [6, 6.07) is 9.27. The number of amides is 1. The molecule has 3 rings (SSSR count). The fraction of sp³-hybridized carbons (Fsp3) is 0.286. The number of hydrogen-bond acceptors (Lipinski definition) is 4.